The molecule has 0 aliphatic rings. The van der Waals surface area contributed by atoms with Crippen LogP contribution in [-0.2, 0) is 6.42 Å². The topological polar surface area (TPSA) is 51.8 Å². The van der Waals surface area contributed by atoms with Gasteiger partial charge < -0.3 is 5.73 Å². The number of hydrogen-bond acceptors (Lipinski definition) is 4. The van der Waals surface area contributed by atoms with Gasteiger partial charge in [0.05, 0.1) is 5.52 Å². The van der Waals surface area contributed by atoms with Gasteiger partial charge in [0.2, 0.25) is 0 Å². The SMILES string of the molecule is NCCc1ccc(Br)cc1Sc1ncnc2ccccc12. The van der Waals surface area contributed by atoms with Crippen LogP contribution < -0.4 is 5.73 Å². The van der Waals surface area contributed by atoms with Crippen molar-refractivity contribution in [3.05, 3.63) is 58.8 Å². The van der Waals surface area contributed by atoms with Crippen molar-refractivity contribution in [2.45, 2.75) is 16.3 Å². The van der Waals surface area contributed by atoms with Crippen LogP contribution in [0.1, 0.15) is 5.56 Å². The second kappa shape index (κ2) is 6.56. The molecule has 3 aromatic rings. The Morgan fingerprint density at radius 3 is 2.81 bits per heavy atom. The molecule has 0 spiro atoms. The quantitative estimate of drug-likeness (QED) is 0.714. The van der Waals surface area contributed by atoms with Crippen LogP contribution in [0.2, 0.25) is 0 Å². The van der Waals surface area contributed by atoms with Gasteiger partial charge in [-0.2, -0.15) is 0 Å². The predicted octanol–water partition coefficient (Wildman–Crippen LogP) is 4.04. The molecule has 1 aromatic heterocycles. The average molecular weight is 360 g/mol. The summed E-state index contributed by atoms with van der Waals surface area (Å²) in [4.78, 5) is 9.92. The van der Waals surface area contributed by atoms with Gasteiger partial charge in [-0.05, 0) is 36.7 Å². The zero-order chi connectivity index (χ0) is 14.7. The lowest BCUT2D eigenvalue weighted by Crippen LogP contribution is -2.03. The van der Waals surface area contributed by atoms with Crippen molar-refractivity contribution >= 4 is 38.6 Å². The fourth-order valence-electron chi connectivity index (χ4n) is 2.15. The van der Waals surface area contributed by atoms with E-state index in [2.05, 4.69) is 44.1 Å². The number of para-hydroxylation sites is 1. The molecular weight excluding hydrogens is 346 g/mol. The van der Waals surface area contributed by atoms with E-state index in [9.17, 15) is 0 Å². The summed E-state index contributed by atoms with van der Waals surface area (Å²) in [6.45, 7) is 0.639. The first kappa shape index (κ1) is 14.5. The van der Waals surface area contributed by atoms with Gasteiger partial charge in [-0.15, -0.1) is 0 Å². The molecule has 0 radical (unpaired) electrons. The van der Waals surface area contributed by atoms with E-state index in [4.69, 9.17) is 5.73 Å². The Morgan fingerprint density at radius 1 is 1.10 bits per heavy atom. The van der Waals surface area contributed by atoms with Crippen LogP contribution in [0.5, 0.6) is 0 Å². The molecule has 0 saturated carbocycles. The Morgan fingerprint density at radius 2 is 1.95 bits per heavy atom. The predicted molar refractivity (Wildman–Crippen MR) is 90.6 cm³/mol. The fraction of sp³-hybridized carbons (Fsp3) is 0.125. The summed E-state index contributed by atoms with van der Waals surface area (Å²) in [6.07, 6.45) is 2.48. The molecule has 3 nitrogen and oxygen atoms in total. The molecule has 0 bridgehead atoms. The molecular formula is C16H14BrN3S. The van der Waals surface area contributed by atoms with Crippen LogP contribution in [0, 0.1) is 0 Å². The summed E-state index contributed by atoms with van der Waals surface area (Å²) in [6, 6.07) is 14.3. The van der Waals surface area contributed by atoms with Gasteiger partial charge >= 0.3 is 0 Å². The summed E-state index contributed by atoms with van der Waals surface area (Å²) in [5.41, 5.74) is 7.91. The number of rotatable bonds is 4. The summed E-state index contributed by atoms with van der Waals surface area (Å²) < 4.78 is 1.06. The van der Waals surface area contributed by atoms with E-state index in [0.29, 0.717) is 6.54 Å². The van der Waals surface area contributed by atoms with E-state index < -0.39 is 0 Å². The molecule has 1 heterocycles. The maximum absolute atomic E-state index is 5.70. The number of hydrogen-bond donors (Lipinski definition) is 1. The number of nitrogens with zero attached hydrogens (tertiary/aromatic N) is 2. The summed E-state index contributed by atoms with van der Waals surface area (Å²) in [7, 11) is 0. The van der Waals surface area contributed by atoms with Crippen LogP contribution in [0.4, 0.5) is 0 Å². The standard InChI is InChI=1S/C16H14BrN3S/c17-12-6-5-11(7-8-18)15(9-12)21-16-13-3-1-2-4-14(13)19-10-20-16/h1-6,9-10H,7-8,18H2. The molecule has 0 atom stereocenters. The second-order valence-electron chi connectivity index (χ2n) is 4.59. The lowest BCUT2D eigenvalue weighted by atomic mass is 10.1. The van der Waals surface area contributed by atoms with Crippen LogP contribution in [0.15, 0.2) is 63.2 Å². The molecule has 106 valence electrons. The maximum atomic E-state index is 5.70. The van der Waals surface area contributed by atoms with Gasteiger partial charge in [-0.3, -0.25) is 0 Å². The number of halogens is 1. The van der Waals surface area contributed by atoms with Gasteiger partial charge in [0.15, 0.2) is 0 Å². The molecule has 21 heavy (non-hydrogen) atoms. The monoisotopic (exact) mass is 359 g/mol. The van der Waals surface area contributed by atoms with E-state index in [1.807, 2.05) is 24.3 Å². The second-order valence-corrected chi connectivity index (χ2v) is 6.54. The third-order valence-electron chi connectivity index (χ3n) is 3.16. The fourth-order valence-corrected chi connectivity index (χ4v) is 3.74. The van der Waals surface area contributed by atoms with E-state index in [1.165, 1.54) is 10.5 Å². The molecule has 2 N–H and O–H groups in total. The third kappa shape index (κ3) is 3.26. The highest BCUT2D eigenvalue weighted by Gasteiger charge is 2.09. The largest absolute Gasteiger partial charge is 0.330 e. The maximum Gasteiger partial charge on any atom is 0.117 e. The molecule has 0 aliphatic carbocycles. The van der Waals surface area contributed by atoms with Crippen molar-refractivity contribution in [3.8, 4) is 0 Å². The minimum Gasteiger partial charge on any atom is -0.330 e. The first-order valence-corrected chi connectivity index (χ1v) is 8.25. The Balaban J connectivity index is 2.04. The molecule has 3 rings (SSSR count). The van der Waals surface area contributed by atoms with Crippen LogP contribution in [0.3, 0.4) is 0 Å². The van der Waals surface area contributed by atoms with Gasteiger partial charge in [0.25, 0.3) is 0 Å². The van der Waals surface area contributed by atoms with Crippen molar-refractivity contribution in [1.29, 1.82) is 0 Å². The molecule has 5 heteroatoms. The zero-order valence-corrected chi connectivity index (χ0v) is 13.7. The summed E-state index contributed by atoms with van der Waals surface area (Å²) >= 11 is 5.19. The minimum absolute atomic E-state index is 0.639. The normalized spacial score (nSPS) is 11.0. The van der Waals surface area contributed by atoms with Crippen molar-refractivity contribution < 1.29 is 0 Å². The van der Waals surface area contributed by atoms with Crippen molar-refractivity contribution in [2.75, 3.05) is 6.54 Å². The van der Waals surface area contributed by atoms with Gasteiger partial charge in [-0.1, -0.05) is 52.0 Å². The van der Waals surface area contributed by atoms with Gasteiger partial charge in [0, 0.05) is 14.8 Å². The number of nitrogens with two attached hydrogens (primary N) is 1. The Hall–Kier alpha value is -1.43. The molecule has 0 amide bonds. The minimum atomic E-state index is 0.639. The average Bonchev–Trinajstić information content (AvgIpc) is 2.50. The van der Waals surface area contributed by atoms with E-state index in [0.717, 1.165) is 26.8 Å². The number of fused-ring (bicyclic) bond motifs is 1. The van der Waals surface area contributed by atoms with Gasteiger partial charge in [0.1, 0.15) is 11.4 Å². The highest BCUT2D eigenvalue weighted by atomic mass is 79.9. The van der Waals surface area contributed by atoms with E-state index in [-0.39, 0.29) is 0 Å². The van der Waals surface area contributed by atoms with Crippen LogP contribution >= 0.6 is 27.7 Å². The van der Waals surface area contributed by atoms with E-state index >= 15 is 0 Å². The van der Waals surface area contributed by atoms with Crippen LogP contribution in [-0.4, -0.2) is 16.5 Å². The molecule has 0 saturated heterocycles. The Bertz CT molecular complexity index is 771. The molecule has 0 unspecified atom stereocenters. The first-order chi connectivity index (χ1) is 10.3. The highest BCUT2D eigenvalue weighted by Crippen LogP contribution is 2.34. The summed E-state index contributed by atoms with van der Waals surface area (Å²) in [5, 5.41) is 2.04. The number of aromatic nitrogens is 2. The Kier molecular flexibility index (Phi) is 4.53. The molecule has 0 aliphatic heterocycles. The van der Waals surface area contributed by atoms with Crippen molar-refractivity contribution in [2.24, 2.45) is 5.73 Å². The lowest BCUT2D eigenvalue weighted by molar-refractivity contribution is 0.942. The van der Waals surface area contributed by atoms with Crippen molar-refractivity contribution in [3.63, 3.8) is 0 Å². The molecule has 2 aromatic carbocycles. The summed E-state index contributed by atoms with van der Waals surface area (Å²) in [5.74, 6) is 0. The van der Waals surface area contributed by atoms with Crippen LogP contribution in [0.25, 0.3) is 10.9 Å². The zero-order valence-electron chi connectivity index (χ0n) is 11.3. The smallest absolute Gasteiger partial charge is 0.117 e. The highest BCUT2D eigenvalue weighted by molar-refractivity contribution is 9.10. The van der Waals surface area contributed by atoms with Crippen molar-refractivity contribution in [1.82, 2.24) is 9.97 Å². The Labute approximate surface area is 136 Å². The third-order valence-corrected chi connectivity index (χ3v) is 4.77. The molecule has 0 fully saturated rings. The first-order valence-electron chi connectivity index (χ1n) is 6.64. The van der Waals surface area contributed by atoms with Gasteiger partial charge in [-0.25, -0.2) is 9.97 Å². The van der Waals surface area contributed by atoms with E-state index in [1.54, 1.807) is 18.1 Å². The number of benzene rings is 2. The lowest BCUT2D eigenvalue weighted by Gasteiger charge is -2.10.